The molecule has 42 heavy (non-hydrogen) atoms. The van der Waals surface area contributed by atoms with Crippen LogP contribution in [0.15, 0.2) is 77.2 Å². The number of para-hydroxylation sites is 1. The average molecular weight is 570 g/mol. The van der Waals surface area contributed by atoms with Gasteiger partial charge >= 0.3 is 5.97 Å². The highest BCUT2D eigenvalue weighted by Gasteiger charge is 2.24. The lowest BCUT2D eigenvalue weighted by Crippen LogP contribution is -2.23. The van der Waals surface area contributed by atoms with Crippen LogP contribution in [0.1, 0.15) is 48.4 Å². The third kappa shape index (κ3) is 7.07. The Morgan fingerprint density at radius 3 is 2.38 bits per heavy atom. The van der Waals surface area contributed by atoms with Crippen LogP contribution >= 0.6 is 0 Å². The summed E-state index contributed by atoms with van der Waals surface area (Å²) in [6, 6.07) is 20.8. The molecule has 8 heteroatoms. The number of ether oxygens (including phenoxy) is 3. The number of furan rings is 1. The number of hydrogen-bond acceptors (Lipinski definition) is 7. The molecular formula is C34H35NO7. The Morgan fingerprint density at radius 2 is 1.67 bits per heavy atom. The van der Waals surface area contributed by atoms with E-state index in [0.717, 1.165) is 16.5 Å². The molecule has 3 aromatic carbocycles. The monoisotopic (exact) mass is 569 g/mol. The number of benzene rings is 3. The lowest BCUT2D eigenvalue weighted by atomic mass is 9.97. The van der Waals surface area contributed by atoms with Crippen LogP contribution in [0.3, 0.4) is 0 Å². The number of carbonyl (C=O) groups is 3. The average Bonchev–Trinajstić information content (AvgIpc) is 3.40. The van der Waals surface area contributed by atoms with Gasteiger partial charge in [0, 0.05) is 35.6 Å². The standard InChI is InChI=1S/C34H35NO7/c1-5-41-31(38)17-15-27(36)34-32(24-10-7-6-8-11-24)26-13-9-12-25(33(26)42-34)22(2)20-30(37)35-19-18-23-14-16-28(39-3)29(21-23)40-4/h6-14,16,20-21H,5,15,17-19H2,1-4H3,(H,35,37)/b22-20+. The fourth-order valence-electron chi connectivity index (χ4n) is 4.77. The minimum atomic E-state index is -0.431. The van der Waals surface area contributed by atoms with Crippen LogP contribution < -0.4 is 14.8 Å². The van der Waals surface area contributed by atoms with Crippen LogP contribution in [0.5, 0.6) is 11.5 Å². The second-order valence-corrected chi connectivity index (χ2v) is 9.64. The van der Waals surface area contributed by atoms with Crippen LogP contribution in [-0.2, 0) is 20.7 Å². The molecule has 1 aromatic heterocycles. The van der Waals surface area contributed by atoms with Gasteiger partial charge in [-0.25, -0.2) is 0 Å². The maximum atomic E-state index is 13.3. The zero-order valence-electron chi connectivity index (χ0n) is 24.3. The predicted octanol–water partition coefficient (Wildman–Crippen LogP) is 6.41. The fourth-order valence-corrected chi connectivity index (χ4v) is 4.77. The lowest BCUT2D eigenvalue weighted by molar-refractivity contribution is -0.143. The van der Waals surface area contributed by atoms with E-state index in [1.54, 1.807) is 21.1 Å². The molecule has 0 atom stereocenters. The highest BCUT2D eigenvalue weighted by Crippen LogP contribution is 2.39. The molecule has 0 fully saturated rings. The number of methoxy groups -OCH3 is 2. The lowest BCUT2D eigenvalue weighted by Gasteiger charge is -2.10. The van der Waals surface area contributed by atoms with Gasteiger partial charge < -0.3 is 23.9 Å². The molecule has 4 aromatic rings. The zero-order valence-corrected chi connectivity index (χ0v) is 24.3. The summed E-state index contributed by atoms with van der Waals surface area (Å²) < 4.78 is 21.8. The van der Waals surface area contributed by atoms with E-state index in [4.69, 9.17) is 18.6 Å². The molecule has 0 unspecified atom stereocenters. The smallest absolute Gasteiger partial charge is 0.306 e. The number of hydrogen-bond donors (Lipinski definition) is 1. The van der Waals surface area contributed by atoms with Crippen molar-refractivity contribution in [3.8, 4) is 22.6 Å². The van der Waals surface area contributed by atoms with Gasteiger partial charge in [-0.05, 0) is 49.1 Å². The van der Waals surface area contributed by atoms with Crippen molar-refractivity contribution >= 4 is 34.2 Å². The summed E-state index contributed by atoms with van der Waals surface area (Å²) in [6.45, 7) is 4.24. The molecule has 1 amide bonds. The van der Waals surface area contributed by atoms with Crippen molar-refractivity contribution in [1.82, 2.24) is 5.32 Å². The number of nitrogens with one attached hydrogen (secondary N) is 1. The van der Waals surface area contributed by atoms with Crippen molar-refractivity contribution in [3.63, 3.8) is 0 Å². The Bertz CT molecular complexity index is 1600. The van der Waals surface area contributed by atoms with E-state index >= 15 is 0 Å². The van der Waals surface area contributed by atoms with E-state index < -0.39 is 5.97 Å². The number of amides is 1. The third-order valence-corrected chi connectivity index (χ3v) is 6.83. The molecule has 0 spiro atoms. The summed E-state index contributed by atoms with van der Waals surface area (Å²) >= 11 is 0. The Labute approximate surface area is 245 Å². The molecule has 4 rings (SSSR count). The van der Waals surface area contributed by atoms with E-state index in [0.29, 0.717) is 46.7 Å². The Hall–Kier alpha value is -4.85. The summed E-state index contributed by atoms with van der Waals surface area (Å²) in [4.78, 5) is 38.0. The van der Waals surface area contributed by atoms with Gasteiger partial charge in [0.2, 0.25) is 5.91 Å². The highest BCUT2D eigenvalue weighted by atomic mass is 16.5. The first-order valence-corrected chi connectivity index (χ1v) is 13.8. The van der Waals surface area contributed by atoms with Gasteiger partial charge in [0.25, 0.3) is 0 Å². The normalized spacial score (nSPS) is 11.3. The van der Waals surface area contributed by atoms with Gasteiger partial charge in [-0.15, -0.1) is 0 Å². The maximum absolute atomic E-state index is 13.3. The molecule has 0 saturated heterocycles. The molecule has 0 saturated carbocycles. The van der Waals surface area contributed by atoms with Crippen LogP contribution in [0.2, 0.25) is 0 Å². The largest absolute Gasteiger partial charge is 0.493 e. The van der Waals surface area contributed by atoms with Gasteiger partial charge in [-0.2, -0.15) is 0 Å². The Balaban J connectivity index is 1.57. The van der Waals surface area contributed by atoms with Crippen LogP contribution in [-0.4, -0.2) is 45.0 Å². The number of esters is 1. The van der Waals surface area contributed by atoms with E-state index in [1.807, 2.05) is 73.7 Å². The van der Waals surface area contributed by atoms with Crippen LogP contribution in [0.4, 0.5) is 0 Å². The quantitative estimate of drug-likeness (QED) is 0.113. The Kier molecular flexibility index (Phi) is 10.2. The minimum Gasteiger partial charge on any atom is -0.493 e. The topological polar surface area (TPSA) is 104 Å². The molecule has 0 radical (unpaired) electrons. The number of allylic oxidation sites excluding steroid dienone is 1. The predicted molar refractivity (Wildman–Crippen MR) is 162 cm³/mol. The van der Waals surface area contributed by atoms with Gasteiger partial charge in [-0.1, -0.05) is 54.6 Å². The second-order valence-electron chi connectivity index (χ2n) is 9.64. The van der Waals surface area contributed by atoms with Crippen molar-refractivity contribution < 1.29 is 33.0 Å². The maximum Gasteiger partial charge on any atom is 0.306 e. The first-order chi connectivity index (χ1) is 20.4. The molecule has 1 N–H and O–H groups in total. The summed E-state index contributed by atoms with van der Waals surface area (Å²) in [6.07, 6.45) is 2.07. The zero-order chi connectivity index (χ0) is 30.1. The van der Waals surface area contributed by atoms with Gasteiger partial charge in [-0.3, -0.25) is 14.4 Å². The second kappa shape index (κ2) is 14.2. The fraction of sp³-hybridized carbons (Fsp3) is 0.265. The molecular weight excluding hydrogens is 534 g/mol. The third-order valence-electron chi connectivity index (χ3n) is 6.83. The van der Waals surface area contributed by atoms with E-state index in [-0.39, 0.29) is 36.9 Å². The number of ketones is 1. The molecule has 0 aliphatic heterocycles. The van der Waals surface area contributed by atoms with E-state index in [9.17, 15) is 14.4 Å². The number of rotatable bonds is 13. The number of fused-ring (bicyclic) bond motifs is 1. The van der Waals surface area contributed by atoms with Crippen molar-refractivity contribution in [1.29, 1.82) is 0 Å². The first kappa shape index (κ1) is 30.1. The minimum absolute atomic E-state index is 0.0345. The van der Waals surface area contributed by atoms with Crippen molar-refractivity contribution in [2.45, 2.75) is 33.1 Å². The van der Waals surface area contributed by atoms with E-state index in [2.05, 4.69) is 5.32 Å². The van der Waals surface area contributed by atoms with Crippen molar-refractivity contribution in [2.24, 2.45) is 0 Å². The van der Waals surface area contributed by atoms with Gasteiger partial charge in [0.05, 0.1) is 27.2 Å². The van der Waals surface area contributed by atoms with Gasteiger partial charge in [0.15, 0.2) is 23.0 Å². The molecule has 8 nitrogen and oxygen atoms in total. The molecule has 218 valence electrons. The molecule has 1 heterocycles. The Morgan fingerprint density at radius 1 is 0.905 bits per heavy atom. The summed E-state index contributed by atoms with van der Waals surface area (Å²) in [5.41, 5.74) is 4.37. The van der Waals surface area contributed by atoms with E-state index in [1.165, 1.54) is 6.08 Å². The summed E-state index contributed by atoms with van der Waals surface area (Å²) in [7, 11) is 3.17. The molecule has 0 bridgehead atoms. The number of Topliss-reactive ketones (excluding diaryl/α,β-unsaturated/α-hetero) is 1. The molecule has 0 aliphatic rings. The van der Waals surface area contributed by atoms with Crippen molar-refractivity contribution in [3.05, 3.63) is 89.7 Å². The first-order valence-electron chi connectivity index (χ1n) is 13.8. The molecule has 0 aliphatic carbocycles. The van der Waals surface area contributed by atoms with Gasteiger partial charge in [0.1, 0.15) is 5.58 Å². The SMILES string of the molecule is CCOC(=O)CCC(=O)c1oc2c(/C(C)=C/C(=O)NCCc3ccc(OC)c(OC)c3)cccc2c1-c1ccccc1. The van der Waals surface area contributed by atoms with Crippen LogP contribution in [0.25, 0.3) is 27.7 Å². The highest BCUT2D eigenvalue weighted by molar-refractivity contribution is 6.11. The van der Waals surface area contributed by atoms with Crippen molar-refractivity contribution in [2.75, 3.05) is 27.4 Å². The summed E-state index contributed by atoms with van der Waals surface area (Å²) in [5, 5.41) is 3.68. The summed E-state index contributed by atoms with van der Waals surface area (Å²) in [5.74, 6) is 0.497. The number of carbonyl (C=O) groups excluding carboxylic acids is 3. The van der Waals surface area contributed by atoms with Crippen LogP contribution in [0, 0.1) is 0 Å².